The second kappa shape index (κ2) is 5.00. The van der Waals surface area contributed by atoms with Crippen LogP contribution >= 0.6 is 0 Å². The summed E-state index contributed by atoms with van der Waals surface area (Å²) in [6.45, 7) is 5.28. The van der Waals surface area contributed by atoms with Crippen molar-refractivity contribution in [3.05, 3.63) is 30.0 Å². The molecule has 1 aliphatic rings. The van der Waals surface area contributed by atoms with Crippen LogP contribution in [0.2, 0.25) is 0 Å². The van der Waals surface area contributed by atoms with Crippen molar-refractivity contribution >= 4 is 11.0 Å². The zero-order chi connectivity index (χ0) is 12.4. The Balaban J connectivity index is 1.86. The van der Waals surface area contributed by atoms with Gasteiger partial charge in [0, 0.05) is 32.7 Å². The molecule has 18 heavy (non-hydrogen) atoms. The standard InChI is InChI=1S/C14H18N2O2/c1-17-13-8-11(9-14-12(13)2-7-18-14)10-16-5-3-15-4-6-16/h2,7-9,15H,3-6,10H2,1H3. The fourth-order valence-electron chi connectivity index (χ4n) is 2.48. The maximum Gasteiger partial charge on any atom is 0.137 e. The molecule has 0 unspecified atom stereocenters. The predicted octanol–water partition coefficient (Wildman–Crippen LogP) is 1.85. The van der Waals surface area contributed by atoms with Crippen molar-refractivity contribution in [1.29, 1.82) is 0 Å². The Hall–Kier alpha value is -1.52. The van der Waals surface area contributed by atoms with E-state index in [0.717, 1.165) is 49.4 Å². The lowest BCUT2D eigenvalue weighted by molar-refractivity contribution is 0.233. The molecule has 2 aromatic rings. The number of benzene rings is 1. The number of fused-ring (bicyclic) bond motifs is 1. The van der Waals surface area contributed by atoms with Gasteiger partial charge in [-0.25, -0.2) is 0 Å². The SMILES string of the molecule is COc1cc(CN2CCNCC2)cc2occc12. The average molecular weight is 246 g/mol. The molecule has 0 atom stereocenters. The van der Waals surface area contributed by atoms with E-state index in [9.17, 15) is 0 Å². The number of piperazine rings is 1. The minimum atomic E-state index is 0.895. The highest BCUT2D eigenvalue weighted by molar-refractivity contribution is 5.84. The van der Waals surface area contributed by atoms with E-state index < -0.39 is 0 Å². The van der Waals surface area contributed by atoms with Gasteiger partial charge in [-0.1, -0.05) is 0 Å². The molecule has 0 radical (unpaired) electrons. The van der Waals surface area contributed by atoms with Crippen LogP contribution in [0.4, 0.5) is 0 Å². The molecule has 96 valence electrons. The van der Waals surface area contributed by atoms with Crippen LogP contribution in [0.5, 0.6) is 5.75 Å². The molecule has 1 saturated heterocycles. The Kier molecular flexibility index (Phi) is 3.21. The van der Waals surface area contributed by atoms with Gasteiger partial charge in [0.1, 0.15) is 11.3 Å². The lowest BCUT2D eigenvalue weighted by Crippen LogP contribution is -2.42. The third-order valence-corrected chi connectivity index (χ3v) is 3.43. The predicted molar refractivity (Wildman–Crippen MR) is 70.9 cm³/mol. The molecule has 1 aromatic heterocycles. The fraction of sp³-hybridized carbons (Fsp3) is 0.429. The van der Waals surface area contributed by atoms with E-state index in [1.54, 1.807) is 13.4 Å². The van der Waals surface area contributed by atoms with E-state index in [1.807, 2.05) is 6.07 Å². The molecule has 0 spiro atoms. The highest BCUT2D eigenvalue weighted by Gasteiger charge is 2.12. The Morgan fingerprint density at radius 1 is 1.33 bits per heavy atom. The van der Waals surface area contributed by atoms with Crippen LogP contribution in [-0.2, 0) is 6.54 Å². The van der Waals surface area contributed by atoms with E-state index in [-0.39, 0.29) is 0 Å². The quantitative estimate of drug-likeness (QED) is 0.897. The Morgan fingerprint density at radius 2 is 2.17 bits per heavy atom. The van der Waals surface area contributed by atoms with E-state index in [2.05, 4.69) is 22.3 Å². The van der Waals surface area contributed by atoms with Gasteiger partial charge in [0.15, 0.2) is 0 Å². The monoisotopic (exact) mass is 246 g/mol. The van der Waals surface area contributed by atoms with Crippen molar-refractivity contribution in [2.24, 2.45) is 0 Å². The number of rotatable bonds is 3. The molecule has 1 fully saturated rings. The van der Waals surface area contributed by atoms with Crippen molar-refractivity contribution < 1.29 is 9.15 Å². The van der Waals surface area contributed by atoms with E-state index in [0.29, 0.717) is 0 Å². The lowest BCUT2D eigenvalue weighted by atomic mass is 10.1. The summed E-state index contributed by atoms with van der Waals surface area (Å²) >= 11 is 0. The first-order valence-electron chi connectivity index (χ1n) is 6.34. The number of methoxy groups -OCH3 is 1. The number of nitrogens with zero attached hydrogens (tertiary/aromatic N) is 1. The smallest absolute Gasteiger partial charge is 0.137 e. The molecule has 1 aromatic carbocycles. The van der Waals surface area contributed by atoms with Gasteiger partial charge in [-0.2, -0.15) is 0 Å². The van der Waals surface area contributed by atoms with Crippen molar-refractivity contribution in [3.63, 3.8) is 0 Å². The summed E-state index contributed by atoms with van der Waals surface area (Å²) in [5.74, 6) is 0.895. The maximum atomic E-state index is 5.48. The number of nitrogens with one attached hydrogen (secondary N) is 1. The zero-order valence-corrected chi connectivity index (χ0v) is 10.6. The first-order valence-corrected chi connectivity index (χ1v) is 6.34. The molecule has 4 heteroatoms. The van der Waals surface area contributed by atoms with Crippen LogP contribution in [0, 0.1) is 0 Å². The summed E-state index contributed by atoms with van der Waals surface area (Å²) < 4.78 is 10.9. The average Bonchev–Trinajstić information content (AvgIpc) is 2.87. The maximum absolute atomic E-state index is 5.48. The third kappa shape index (κ3) is 2.21. The number of furan rings is 1. The molecular weight excluding hydrogens is 228 g/mol. The fourth-order valence-corrected chi connectivity index (χ4v) is 2.48. The van der Waals surface area contributed by atoms with Gasteiger partial charge in [0.2, 0.25) is 0 Å². The summed E-state index contributed by atoms with van der Waals surface area (Å²) in [6, 6.07) is 6.17. The summed E-state index contributed by atoms with van der Waals surface area (Å²) in [7, 11) is 1.70. The molecule has 0 aliphatic carbocycles. The van der Waals surface area contributed by atoms with Gasteiger partial charge in [-0.05, 0) is 23.8 Å². The summed E-state index contributed by atoms with van der Waals surface area (Å²) in [6.07, 6.45) is 1.71. The number of hydrogen-bond acceptors (Lipinski definition) is 4. The largest absolute Gasteiger partial charge is 0.496 e. The van der Waals surface area contributed by atoms with Crippen LogP contribution in [-0.4, -0.2) is 38.2 Å². The molecule has 2 heterocycles. The summed E-state index contributed by atoms with van der Waals surface area (Å²) in [5.41, 5.74) is 2.15. The minimum absolute atomic E-state index is 0.895. The second-order valence-corrected chi connectivity index (χ2v) is 4.66. The Morgan fingerprint density at radius 3 is 2.94 bits per heavy atom. The van der Waals surface area contributed by atoms with E-state index in [4.69, 9.17) is 9.15 Å². The van der Waals surface area contributed by atoms with Gasteiger partial charge in [-0.15, -0.1) is 0 Å². The van der Waals surface area contributed by atoms with Gasteiger partial charge in [-0.3, -0.25) is 4.90 Å². The first kappa shape index (κ1) is 11.6. The minimum Gasteiger partial charge on any atom is -0.496 e. The van der Waals surface area contributed by atoms with Gasteiger partial charge in [0.25, 0.3) is 0 Å². The van der Waals surface area contributed by atoms with Gasteiger partial charge >= 0.3 is 0 Å². The molecule has 0 saturated carbocycles. The number of hydrogen-bond donors (Lipinski definition) is 1. The Bertz CT molecular complexity index is 530. The Labute approximate surface area is 107 Å². The van der Waals surface area contributed by atoms with Crippen LogP contribution < -0.4 is 10.1 Å². The van der Waals surface area contributed by atoms with E-state index in [1.165, 1.54) is 5.56 Å². The topological polar surface area (TPSA) is 37.6 Å². The molecule has 0 bridgehead atoms. The van der Waals surface area contributed by atoms with Crippen molar-refractivity contribution in [2.75, 3.05) is 33.3 Å². The highest BCUT2D eigenvalue weighted by Crippen LogP contribution is 2.28. The van der Waals surface area contributed by atoms with Crippen LogP contribution in [0.1, 0.15) is 5.56 Å². The zero-order valence-electron chi connectivity index (χ0n) is 10.6. The summed E-state index contributed by atoms with van der Waals surface area (Å²) in [4.78, 5) is 2.44. The van der Waals surface area contributed by atoms with Crippen LogP contribution in [0.25, 0.3) is 11.0 Å². The summed E-state index contributed by atoms with van der Waals surface area (Å²) in [5, 5.41) is 4.41. The van der Waals surface area contributed by atoms with Crippen molar-refractivity contribution in [2.45, 2.75) is 6.54 Å². The molecular formula is C14H18N2O2. The third-order valence-electron chi connectivity index (χ3n) is 3.43. The molecule has 4 nitrogen and oxygen atoms in total. The molecule has 0 amide bonds. The second-order valence-electron chi connectivity index (χ2n) is 4.66. The highest BCUT2D eigenvalue weighted by atomic mass is 16.5. The van der Waals surface area contributed by atoms with Crippen LogP contribution in [0.15, 0.2) is 28.9 Å². The molecule has 1 N–H and O–H groups in total. The van der Waals surface area contributed by atoms with Crippen molar-refractivity contribution in [1.82, 2.24) is 10.2 Å². The van der Waals surface area contributed by atoms with Gasteiger partial charge < -0.3 is 14.5 Å². The van der Waals surface area contributed by atoms with Crippen LogP contribution in [0.3, 0.4) is 0 Å². The van der Waals surface area contributed by atoms with Crippen molar-refractivity contribution in [3.8, 4) is 5.75 Å². The number of ether oxygens (including phenoxy) is 1. The normalized spacial score (nSPS) is 17.2. The lowest BCUT2D eigenvalue weighted by Gasteiger charge is -2.27. The van der Waals surface area contributed by atoms with Gasteiger partial charge in [0.05, 0.1) is 18.8 Å². The van der Waals surface area contributed by atoms with E-state index >= 15 is 0 Å². The molecule has 3 rings (SSSR count). The molecule has 1 aliphatic heterocycles. The first-order chi connectivity index (χ1) is 8.86.